The predicted molar refractivity (Wildman–Crippen MR) is 88.8 cm³/mol. The van der Waals surface area contributed by atoms with Gasteiger partial charge in [-0.15, -0.1) is 0 Å². The molecule has 21 heavy (non-hydrogen) atoms. The Kier molecular flexibility index (Phi) is 5.14. The zero-order chi connectivity index (χ0) is 15.4. The van der Waals surface area contributed by atoms with Gasteiger partial charge in [0.2, 0.25) is 0 Å². The fourth-order valence-corrected chi connectivity index (χ4v) is 2.94. The first-order chi connectivity index (χ1) is 10.0. The molecular weight excluding hydrogens is 284 g/mol. The van der Waals surface area contributed by atoms with E-state index in [2.05, 4.69) is 16.8 Å². The van der Waals surface area contributed by atoms with Gasteiger partial charge in [0.1, 0.15) is 0 Å². The summed E-state index contributed by atoms with van der Waals surface area (Å²) in [7, 11) is 4.03. The van der Waals surface area contributed by atoms with Crippen molar-refractivity contribution in [2.24, 2.45) is 0 Å². The number of amides is 1. The minimum atomic E-state index is 0.0765. The Morgan fingerprint density at radius 3 is 2.71 bits per heavy atom. The van der Waals surface area contributed by atoms with Crippen molar-refractivity contribution in [2.75, 3.05) is 39.5 Å². The molecule has 0 spiro atoms. The molecule has 5 nitrogen and oxygen atoms in total. The number of fused-ring (bicyclic) bond motifs is 1. The molecule has 0 saturated carbocycles. The fraction of sp³-hybridized carbons (Fsp3) is 0.467. The van der Waals surface area contributed by atoms with Crippen LogP contribution in [0.2, 0.25) is 0 Å². The molecule has 1 aromatic heterocycles. The predicted octanol–water partition coefficient (Wildman–Crippen LogP) is 2.29. The quantitative estimate of drug-likeness (QED) is 0.889. The summed E-state index contributed by atoms with van der Waals surface area (Å²) in [6.07, 6.45) is 0.953. The van der Waals surface area contributed by atoms with Crippen LogP contribution in [0.25, 0.3) is 10.2 Å². The Balaban J connectivity index is 2.20. The second-order valence-electron chi connectivity index (χ2n) is 5.33. The molecule has 1 amide bonds. The molecule has 2 rings (SSSR count). The Labute approximate surface area is 129 Å². The number of nitrogens with two attached hydrogens (primary N) is 1. The van der Waals surface area contributed by atoms with E-state index in [1.807, 2.05) is 37.2 Å². The van der Waals surface area contributed by atoms with E-state index in [4.69, 9.17) is 5.73 Å². The lowest BCUT2D eigenvalue weighted by molar-refractivity contribution is 0.0745. The summed E-state index contributed by atoms with van der Waals surface area (Å²) in [6.45, 7) is 4.46. The van der Waals surface area contributed by atoms with Crippen LogP contribution < -0.4 is 5.73 Å². The number of carbonyl (C=O) groups excluding carboxylic acids is 1. The molecule has 1 heterocycles. The Morgan fingerprint density at radius 2 is 2.05 bits per heavy atom. The summed E-state index contributed by atoms with van der Waals surface area (Å²) in [6, 6.07) is 5.59. The smallest absolute Gasteiger partial charge is 0.253 e. The van der Waals surface area contributed by atoms with Crippen LogP contribution in [0.15, 0.2) is 18.2 Å². The Bertz CT molecular complexity index is 623. The summed E-state index contributed by atoms with van der Waals surface area (Å²) in [5.41, 5.74) is 7.27. The highest BCUT2D eigenvalue weighted by Crippen LogP contribution is 2.25. The second-order valence-corrected chi connectivity index (χ2v) is 6.39. The third-order valence-corrected chi connectivity index (χ3v) is 4.10. The molecule has 0 unspecified atom stereocenters. The molecule has 2 aromatic rings. The van der Waals surface area contributed by atoms with Gasteiger partial charge < -0.3 is 15.5 Å². The van der Waals surface area contributed by atoms with Gasteiger partial charge in [-0.05, 0) is 38.7 Å². The number of aromatic nitrogens is 1. The van der Waals surface area contributed by atoms with Crippen molar-refractivity contribution in [1.82, 2.24) is 14.8 Å². The van der Waals surface area contributed by atoms with Gasteiger partial charge in [-0.3, -0.25) is 4.79 Å². The van der Waals surface area contributed by atoms with E-state index < -0.39 is 0 Å². The summed E-state index contributed by atoms with van der Waals surface area (Å²) < 4.78 is 0.961. The fourth-order valence-electron chi connectivity index (χ4n) is 2.16. The highest BCUT2D eigenvalue weighted by molar-refractivity contribution is 7.22. The summed E-state index contributed by atoms with van der Waals surface area (Å²) >= 11 is 1.41. The lowest BCUT2D eigenvalue weighted by Crippen LogP contribution is -2.37. The molecule has 0 aliphatic carbocycles. The monoisotopic (exact) mass is 306 g/mol. The van der Waals surface area contributed by atoms with E-state index in [9.17, 15) is 4.79 Å². The van der Waals surface area contributed by atoms with E-state index in [0.29, 0.717) is 10.7 Å². The molecule has 0 atom stereocenters. The summed E-state index contributed by atoms with van der Waals surface area (Å²) in [5, 5.41) is 0.535. The summed E-state index contributed by atoms with van der Waals surface area (Å²) in [5.74, 6) is 0.0765. The zero-order valence-electron chi connectivity index (χ0n) is 12.8. The van der Waals surface area contributed by atoms with E-state index in [0.717, 1.165) is 36.3 Å². The van der Waals surface area contributed by atoms with Crippen LogP contribution >= 0.6 is 11.3 Å². The molecule has 0 fully saturated rings. The van der Waals surface area contributed by atoms with E-state index in [1.165, 1.54) is 11.3 Å². The number of anilines is 1. The average Bonchev–Trinajstić information content (AvgIpc) is 2.81. The number of benzene rings is 1. The van der Waals surface area contributed by atoms with E-state index >= 15 is 0 Å². The van der Waals surface area contributed by atoms with Crippen molar-refractivity contribution >= 4 is 32.6 Å². The minimum absolute atomic E-state index is 0.0765. The largest absolute Gasteiger partial charge is 0.375 e. The third-order valence-electron chi connectivity index (χ3n) is 3.25. The number of hydrogen-bond acceptors (Lipinski definition) is 5. The highest BCUT2D eigenvalue weighted by atomic mass is 32.1. The van der Waals surface area contributed by atoms with Crippen LogP contribution in [0, 0.1) is 0 Å². The first-order valence-corrected chi connectivity index (χ1v) is 7.93. The lowest BCUT2D eigenvalue weighted by atomic mass is 10.2. The van der Waals surface area contributed by atoms with Gasteiger partial charge in [0, 0.05) is 25.2 Å². The molecule has 0 aliphatic heterocycles. The maximum Gasteiger partial charge on any atom is 0.253 e. The molecule has 2 N–H and O–H groups in total. The van der Waals surface area contributed by atoms with Gasteiger partial charge in [0.05, 0.1) is 10.2 Å². The maximum atomic E-state index is 12.7. The van der Waals surface area contributed by atoms with Crippen LogP contribution in [0.1, 0.15) is 23.7 Å². The highest BCUT2D eigenvalue weighted by Gasteiger charge is 2.16. The summed E-state index contributed by atoms with van der Waals surface area (Å²) in [4.78, 5) is 20.9. The molecule has 114 valence electrons. The van der Waals surface area contributed by atoms with Crippen molar-refractivity contribution in [1.29, 1.82) is 0 Å². The number of nitrogens with zero attached hydrogens (tertiary/aromatic N) is 3. The van der Waals surface area contributed by atoms with Gasteiger partial charge >= 0.3 is 0 Å². The van der Waals surface area contributed by atoms with Crippen molar-refractivity contribution in [2.45, 2.75) is 13.3 Å². The molecule has 0 aliphatic rings. The molecule has 0 bridgehead atoms. The number of likely N-dealkylation sites (N-methyl/N-ethyl adjacent to an activating group) is 1. The number of hydrogen-bond donors (Lipinski definition) is 1. The van der Waals surface area contributed by atoms with Crippen molar-refractivity contribution in [3.63, 3.8) is 0 Å². The number of rotatable bonds is 6. The Hall–Kier alpha value is -1.66. The van der Waals surface area contributed by atoms with Crippen molar-refractivity contribution < 1.29 is 4.79 Å². The number of thiazole rings is 1. The maximum absolute atomic E-state index is 12.7. The van der Waals surface area contributed by atoms with E-state index in [-0.39, 0.29) is 5.91 Å². The molecular formula is C15H22N4OS. The van der Waals surface area contributed by atoms with Crippen LogP contribution in [-0.4, -0.2) is 54.4 Å². The first-order valence-electron chi connectivity index (χ1n) is 7.11. The number of carbonyl (C=O) groups is 1. The van der Waals surface area contributed by atoms with Crippen LogP contribution in [0.3, 0.4) is 0 Å². The standard InChI is InChI=1S/C15H22N4OS/c1-4-7-19(9-8-18(2)3)14(20)11-5-6-12-13(10-11)21-15(16)17-12/h5-6,10H,4,7-9H2,1-3H3,(H2,16,17). The van der Waals surface area contributed by atoms with Gasteiger partial charge in [0.25, 0.3) is 5.91 Å². The van der Waals surface area contributed by atoms with Crippen molar-refractivity contribution in [3.8, 4) is 0 Å². The average molecular weight is 306 g/mol. The van der Waals surface area contributed by atoms with Gasteiger partial charge in [-0.2, -0.15) is 0 Å². The topological polar surface area (TPSA) is 62.5 Å². The van der Waals surface area contributed by atoms with Crippen LogP contribution in [0.4, 0.5) is 5.13 Å². The van der Waals surface area contributed by atoms with E-state index in [1.54, 1.807) is 0 Å². The number of nitrogen functional groups attached to an aromatic ring is 1. The normalized spacial score (nSPS) is 11.2. The minimum Gasteiger partial charge on any atom is -0.375 e. The van der Waals surface area contributed by atoms with Gasteiger partial charge in [-0.1, -0.05) is 18.3 Å². The third kappa shape index (κ3) is 3.92. The molecule has 0 saturated heterocycles. The van der Waals surface area contributed by atoms with Crippen LogP contribution in [-0.2, 0) is 0 Å². The molecule has 6 heteroatoms. The van der Waals surface area contributed by atoms with Gasteiger partial charge in [0.15, 0.2) is 5.13 Å². The molecule has 1 aromatic carbocycles. The zero-order valence-corrected chi connectivity index (χ0v) is 13.6. The Morgan fingerprint density at radius 1 is 1.29 bits per heavy atom. The SMILES string of the molecule is CCCN(CCN(C)C)C(=O)c1ccc2nc(N)sc2c1. The molecule has 0 radical (unpaired) electrons. The lowest BCUT2D eigenvalue weighted by Gasteiger charge is -2.24. The second kappa shape index (κ2) is 6.87. The first kappa shape index (κ1) is 15.7. The van der Waals surface area contributed by atoms with Crippen LogP contribution in [0.5, 0.6) is 0 Å². The van der Waals surface area contributed by atoms with Crippen molar-refractivity contribution in [3.05, 3.63) is 23.8 Å². The van der Waals surface area contributed by atoms with Gasteiger partial charge in [-0.25, -0.2) is 4.98 Å².